The van der Waals surface area contributed by atoms with Crippen LogP contribution in [0, 0.1) is 0 Å². The van der Waals surface area contributed by atoms with Crippen LogP contribution in [0.4, 0.5) is 4.79 Å². The van der Waals surface area contributed by atoms with Crippen molar-refractivity contribution in [3.8, 4) is 0 Å². The van der Waals surface area contributed by atoms with E-state index >= 15 is 0 Å². The Kier molecular flexibility index (Phi) is 6.20. The van der Waals surface area contributed by atoms with Crippen LogP contribution in [-0.2, 0) is 29.0 Å². The summed E-state index contributed by atoms with van der Waals surface area (Å²) in [4.78, 5) is 38.8. The van der Waals surface area contributed by atoms with Gasteiger partial charge in [-0.1, -0.05) is 30.3 Å². The minimum absolute atomic E-state index is 0.0692. The summed E-state index contributed by atoms with van der Waals surface area (Å²) >= 11 is 1.62. The summed E-state index contributed by atoms with van der Waals surface area (Å²) in [6.45, 7) is 0.818. The van der Waals surface area contributed by atoms with E-state index in [-0.39, 0.29) is 6.54 Å². The Balaban J connectivity index is 1.51. The van der Waals surface area contributed by atoms with Crippen molar-refractivity contribution in [3.05, 3.63) is 57.8 Å². The second-order valence-electron chi connectivity index (χ2n) is 6.43. The average molecular weight is 386 g/mol. The van der Waals surface area contributed by atoms with Gasteiger partial charge in [-0.2, -0.15) is 0 Å². The van der Waals surface area contributed by atoms with Crippen molar-refractivity contribution in [3.63, 3.8) is 0 Å². The molecule has 0 unspecified atom stereocenters. The van der Waals surface area contributed by atoms with Gasteiger partial charge in [0.2, 0.25) is 11.8 Å². The fourth-order valence-corrected chi connectivity index (χ4v) is 3.88. The van der Waals surface area contributed by atoms with E-state index in [4.69, 9.17) is 5.73 Å². The molecule has 2 aromatic rings. The van der Waals surface area contributed by atoms with Gasteiger partial charge in [0.25, 0.3) is 0 Å². The number of thiophene rings is 1. The molecule has 0 saturated heterocycles. The zero-order valence-electron chi connectivity index (χ0n) is 14.8. The topological polar surface area (TPSA) is 105 Å². The molecule has 3 rings (SSSR count). The zero-order chi connectivity index (χ0) is 19.2. The highest BCUT2D eigenvalue weighted by Crippen LogP contribution is 2.22. The Hall–Kier alpha value is -2.71. The highest BCUT2D eigenvalue weighted by Gasteiger charge is 2.31. The number of primary amides is 1. The molecule has 0 saturated carbocycles. The van der Waals surface area contributed by atoms with Crippen LogP contribution >= 0.6 is 11.3 Å². The third kappa shape index (κ3) is 5.15. The molecule has 0 fully saturated rings. The molecule has 7 nitrogen and oxygen atoms in total. The third-order valence-electron chi connectivity index (χ3n) is 4.51. The van der Waals surface area contributed by atoms with E-state index in [1.165, 1.54) is 0 Å². The second kappa shape index (κ2) is 8.79. The first-order valence-corrected chi connectivity index (χ1v) is 9.61. The molecule has 4 N–H and O–H groups in total. The summed E-state index contributed by atoms with van der Waals surface area (Å²) in [5.41, 5.74) is 7.63. The quantitative estimate of drug-likeness (QED) is 0.690. The standard InChI is InChI=1S/C19H22N4O3S/c20-18(25)16-10-13-4-1-2-5-14(13)11-23(16)12-17(24)22-19(26)21-8-7-15-6-3-9-27-15/h1-6,9,16H,7-8,10-12H2,(H2,20,25)(H2,21,22,24,26)/t16-/m1/s1. The van der Waals surface area contributed by atoms with Crippen molar-refractivity contribution in [2.24, 2.45) is 5.73 Å². The third-order valence-corrected chi connectivity index (χ3v) is 5.45. The van der Waals surface area contributed by atoms with Crippen LogP contribution in [0.3, 0.4) is 0 Å². The lowest BCUT2D eigenvalue weighted by Gasteiger charge is -2.34. The van der Waals surface area contributed by atoms with Crippen molar-refractivity contribution in [2.75, 3.05) is 13.1 Å². The molecule has 0 aliphatic carbocycles. The zero-order valence-corrected chi connectivity index (χ0v) is 15.6. The van der Waals surface area contributed by atoms with Crippen LogP contribution in [0.25, 0.3) is 0 Å². The SMILES string of the molecule is NC(=O)[C@H]1Cc2ccccc2CN1CC(=O)NC(=O)NCCc1cccs1. The molecular weight excluding hydrogens is 364 g/mol. The number of hydrogen-bond donors (Lipinski definition) is 3. The molecule has 1 aliphatic rings. The van der Waals surface area contributed by atoms with Crippen LogP contribution in [0.1, 0.15) is 16.0 Å². The van der Waals surface area contributed by atoms with E-state index in [2.05, 4.69) is 10.6 Å². The maximum Gasteiger partial charge on any atom is 0.321 e. The molecule has 0 spiro atoms. The molecule has 27 heavy (non-hydrogen) atoms. The molecule has 1 aromatic heterocycles. The van der Waals surface area contributed by atoms with E-state index in [1.807, 2.05) is 41.8 Å². The molecular formula is C19H22N4O3S. The number of imide groups is 1. The van der Waals surface area contributed by atoms with Gasteiger partial charge in [0.15, 0.2) is 0 Å². The normalized spacial score (nSPS) is 16.4. The average Bonchev–Trinajstić information content (AvgIpc) is 3.14. The summed E-state index contributed by atoms with van der Waals surface area (Å²) < 4.78 is 0. The largest absolute Gasteiger partial charge is 0.368 e. The molecule has 1 aromatic carbocycles. The monoisotopic (exact) mass is 386 g/mol. The van der Waals surface area contributed by atoms with Crippen LogP contribution in [0.2, 0.25) is 0 Å². The minimum Gasteiger partial charge on any atom is -0.368 e. The first kappa shape index (κ1) is 19.1. The smallest absolute Gasteiger partial charge is 0.321 e. The number of fused-ring (bicyclic) bond motifs is 1. The first-order valence-electron chi connectivity index (χ1n) is 8.73. The molecule has 0 radical (unpaired) electrons. The van der Waals surface area contributed by atoms with Crippen LogP contribution in [-0.4, -0.2) is 41.9 Å². The number of carbonyl (C=O) groups excluding carboxylic acids is 3. The molecule has 1 aliphatic heterocycles. The minimum atomic E-state index is -0.562. The van der Waals surface area contributed by atoms with Crippen LogP contribution < -0.4 is 16.4 Å². The molecule has 2 heterocycles. The van der Waals surface area contributed by atoms with Gasteiger partial charge in [-0.15, -0.1) is 11.3 Å². The summed E-state index contributed by atoms with van der Waals surface area (Å²) in [5.74, 6) is -0.938. The number of urea groups is 1. The van der Waals surface area contributed by atoms with Crippen molar-refractivity contribution >= 4 is 29.2 Å². The summed E-state index contributed by atoms with van der Waals surface area (Å²) in [7, 11) is 0. The van der Waals surface area contributed by atoms with E-state index in [9.17, 15) is 14.4 Å². The van der Waals surface area contributed by atoms with Gasteiger partial charge in [-0.3, -0.25) is 19.8 Å². The number of nitrogens with two attached hydrogens (primary N) is 1. The lowest BCUT2D eigenvalue weighted by Crippen LogP contribution is -2.53. The summed E-state index contributed by atoms with van der Waals surface area (Å²) in [6, 6.07) is 10.6. The van der Waals surface area contributed by atoms with Crippen LogP contribution in [0.5, 0.6) is 0 Å². The molecule has 0 bridgehead atoms. The Bertz CT molecular complexity index is 822. The number of nitrogens with zero attached hydrogens (tertiary/aromatic N) is 1. The molecule has 142 valence electrons. The predicted molar refractivity (Wildman–Crippen MR) is 103 cm³/mol. The van der Waals surface area contributed by atoms with Crippen molar-refractivity contribution in [1.82, 2.24) is 15.5 Å². The maximum atomic E-state index is 12.2. The Labute approximate surface area is 161 Å². The van der Waals surface area contributed by atoms with E-state index in [0.717, 1.165) is 16.0 Å². The van der Waals surface area contributed by atoms with Crippen molar-refractivity contribution in [2.45, 2.75) is 25.4 Å². The van der Waals surface area contributed by atoms with Crippen molar-refractivity contribution < 1.29 is 14.4 Å². The Morgan fingerprint density at radius 1 is 1.15 bits per heavy atom. The van der Waals surface area contributed by atoms with Gasteiger partial charge in [0.1, 0.15) is 0 Å². The molecule has 1 atom stereocenters. The van der Waals surface area contributed by atoms with Gasteiger partial charge in [-0.05, 0) is 35.4 Å². The molecule has 4 amide bonds. The second-order valence-corrected chi connectivity index (χ2v) is 7.46. The summed E-state index contributed by atoms with van der Waals surface area (Å²) in [6.07, 6.45) is 1.18. The van der Waals surface area contributed by atoms with Crippen LogP contribution in [0.15, 0.2) is 41.8 Å². The fourth-order valence-electron chi connectivity index (χ4n) is 3.17. The predicted octanol–water partition coefficient (Wildman–Crippen LogP) is 1.03. The van der Waals surface area contributed by atoms with E-state index in [1.54, 1.807) is 16.2 Å². The number of benzene rings is 1. The van der Waals surface area contributed by atoms with E-state index in [0.29, 0.717) is 25.9 Å². The Morgan fingerprint density at radius 3 is 2.63 bits per heavy atom. The van der Waals surface area contributed by atoms with Gasteiger partial charge in [0.05, 0.1) is 12.6 Å². The number of rotatable bonds is 6. The van der Waals surface area contributed by atoms with Gasteiger partial charge in [0, 0.05) is 18.0 Å². The number of hydrogen-bond acceptors (Lipinski definition) is 5. The number of amides is 4. The highest BCUT2D eigenvalue weighted by atomic mass is 32.1. The maximum absolute atomic E-state index is 12.2. The van der Waals surface area contributed by atoms with Gasteiger partial charge < -0.3 is 11.1 Å². The summed E-state index contributed by atoms with van der Waals surface area (Å²) in [5, 5.41) is 6.95. The molecule has 8 heteroatoms. The Morgan fingerprint density at radius 2 is 1.93 bits per heavy atom. The first-order chi connectivity index (χ1) is 13.0. The fraction of sp³-hybridized carbons (Fsp3) is 0.316. The van der Waals surface area contributed by atoms with Gasteiger partial charge >= 0.3 is 6.03 Å². The number of nitrogens with one attached hydrogen (secondary N) is 2. The van der Waals surface area contributed by atoms with E-state index < -0.39 is 23.9 Å². The number of carbonyl (C=O) groups is 3. The van der Waals surface area contributed by atoms with Crippen molar-refractivity contribution in [1.29, 1.82) is 0 Å². The lowest BCUT2D eigenvalue weighted by molar-refractivity contribution is -0.127. The highest BCUT2D eigenvalue weighted by molar-refractivity contribution is 7.09. The van der Waals surface area contributed by atoms with Gasteiger partial charge in [-0.25, -0.2) is 4.79 Å². The lowest BCUT2D eigenvalue weighted by atomic mass is 9.93.